The Morgan fingerprint density at radius 1 is 1.75 bits per heavy atom. The van der Waals surface area contributed by atoms with E-state index in [0.717, 1.165) is 18.4 Å². The van der Waals surface area contributed by atoms with Gasteiger partial charge in [0, 0.05) is 21.3 Å². The summed E-state index contributed by atoms with van der Waals surface area (Å²) in [5.41, 5.74) is 0. The summed E-state index contributed by atoms with van der Waals surface area (Å²) < 4.78 is 2.62. The first-order valence-electron chi connectivity index (χ1n) is 2.42. The molecule has 0 amide bonds. The standard InChI is InChI=1S/C5H10NOS/c1-4-5(2,3)8-6-7/h1,4H2,2-3H3. The van der Waals surface area contributed by atoms with Crippen LogP contribution in [0.25, 0.3) is 0 Å². The van der Waals surface area contributed by atoms with E-state index in [1.807, 2.05) is 13.8 Å². The summed E-state index contributed by atoms with van der Waals surface area (Å²) in [5, 5.41) is 0. The molecule has 0 atom stereocenters. The summed E-state index contributed by atoms with van der Waals surface area (Å²) >= 11 is 1.04. The highest BCUT2D eigenvalue weighted by Crippen LogP contribution is 2.27. The van der Waals surface area contributed by atoms with Gasteiger partial charge in [0.1, 0.15) is 0 Å². The predicted octanol–water partition coefficient (Wildman–Crippen LogP) is 2.40. The average Bonchev–Trinajstić information content (AvgIpc) is 1.67. The first kappa shape index (κ1) is 7.95. The van der Waals surface area contributed by atoms with Crippen molar-refractivity contribution in [2.75, 3.05) is 0 Å². The molecule has 0 aromatic carbocycles. The van der Waals surface area contributed by atoms with Gasteiger partial charge in [-0.05, 0) is 20.3 Å². The molecule has 0 N–H and O–H groups in total. The number of nitroso groups, excluding NO2 is 1. The highest BCUT2D eigenvalue weighted by molar-refractivity contribution is 7.99. The Hall–Kier alpha value is -0.0500. The molecule has 3 heteroatoms. The van der Waals surface area contributed by atoms with Gasteiger partial charge in [-0.2, -0.15) is 0 Å². The average molecular weight is 132 g/mol. The molecular formula is C5H10NOS. The second-order valence-corrected chi connectivity index (χ2v) is 3.61. The number of hydrogen-bond acceptors (Lipinski definition) is 3. The first-order chi connectivity index (χ1) is 3.62. The highest BCUT2D eigenvalue weighted by Gasteiger charge is 2.15. The molecule has 0 bridgehead atoms. The second kappa shape index (κ2) is 3.07. The molecule has 0 unspecified atom stereocenters. The monoisotopic (exact) mass is 132 g/mol. The van der Waals surface area contributed by atoms with Gasteiger partial charge in [0.25, 0.3) is 0 Å². The molecule has 1 radical (unpaired) electrons. The van der Waals surface area contributed by atoms with Crippen LogP contribution in [0.1, 0.15) is 20.3 Å². The van der Waals surface area contributed by atoms with Crippen LogP contribution in [0.3, 0.4) is 0 Å². The van der Waals surface area contributed by atoms with Gasteiger partial charge in [0.2, 0.25) is 0 Å². The molecule has 0 aromatic heterocycles. The van der Waals surface area contributed by atoms with Crippen molar-refractivity contribution in [3.05, 3.63) is 11.8 Å². The lowest BCUT2D eigenvalue weighted by Gasteiger charge is -2.14. The number of rotatable bonds is 3. The van der Waals surface area contributed by atoms with Gasteiger partial charge in [0.05, 0.1) is 0 Å². The van der Waals surface area contributed by atoms with Crippen LogP contribution in [0.5, 0.6) is 0 Å². The molecule has 47 valence electrons. The maximum Gasteiger partial charge on any atom is 0.0356 e. The zero-order chi connectivity index (χ0) is 6.62. The fourth-order valence-corrected chi connectivity index (χ4v) is 0.440. The molecule has 0 saturated heterocycles. The van der Waals surface area contributed by atoms with Gasteiger partial charge >= 0.3 is 0 Å². The smallest absolute Gasteiger partial charge is 0.0356 e. The van der Waals surface area contributed by atoms with E-state index in [-0.39, 0.29) is 4.75 Å². The minimum Gasteiger partial charge on any atom is -0.137 e. The third-order valence-electron chi connectivity index (χ3n) is 0.886. The van der Waals surface area contributed by atoms with Crippen molar-refractivity contribution >= 4 is 11.9 Å². The van der Waals surface area contributed by atoms with Gasteiger partial charge in [-0.1, -0.05) is 6.92 Å². The second-order valence-electron chi connectivity index (χ2n) is 2.18. The summed E-state index contributed by atoms with van der Waals surface area (Å²) in [6, 6.07) is 0. The first-order valence-corrected chi connectivity index (χ1v) is 3.20. The van der Waals surface area contributed by atoms with E-state index in [1.54, 1.807) is 0 Å². The van der Waals surface area contributed by atoms with E-state index in [0.29, 0.717) is 0 Å². The Morgan fingerprint density at radius 3 is 2.38 bits per heavy atom. The van der Waals surface area contributed by atoms with Gasteiger partial charge in [0.15, 0.2) is 0 Å². The van der Waals surface area contributed by atoms with Crippen LogP contribution in [0.4, 0.5) is 0 Å². The Bertz CT molecular complexity index is 82.5. The SMILES string of the molecule is [CH2]CC(C)(C)SN=O. The number of nitrogens with zero attached hydrogens (tertiary/aromatic N) is 1. The topological polar surface area (TPSA) is 29.4 Å². The molecule has 0 heterocycles. The molecule has 0 saturated carbocycles. The van der Waals surface area contributed by atoms with E-state index in [4.69, 9.17) is 0 Å². The van der Waals surface area contributed by atoms with Gasteiger partial charge < -0.3 is 0 Å². The van der Waals surface area contributed by atoms with Crippen LogP contribution in [0, 0.1) is 11.8 Å². The third-order valence-corrected chi connectivity index (χ3v) is 1.66. The minimum atomic E-state index is -0.0816. The molecule has 2 nitrogen and oxygen atoms in total. The molecule has 0 rings (SSSR count). The van der Waals surface area contributed by atoms with Crippen LogP contribution in [-0.4, -0.2) is 4.75 Å². The lowest BCUT2D eigenvalue weighted by atomic mass is 10.1. The van der Waals surface area contributed by atoms with Crippen molar-refractivity contribution in [2.24, 2.45) is 4.58 Å². The van der Waals surface area contributed by atoms with E-state index in [1.165, 1.54) is 0 Å². The molecule has 0 aliphatic carbocycles. The molecule has 0 spiro atoms. The maximum absolute atomic E-state index is 9.66. The van der Waals surface area contributed by atoms with Crippen LogP contribution < -0.4 is 0 Å². The normalized spacial score (nSPS) is 11.4. The van der Waals surface area contributed by atoms with Gasteiger partial charge in [-0.25, -0.2) is 0 Å². The molecule has 0 aliphatic rings. The van der Waals surface area contributed by atoms with Crippen molar-refractivity contribution in [3.63, 3.8) is 0 Å². The Morgan fingerprint density at radius 2 is 2.25 bits per heavy atom. The van der Waals surface area contributed by atoms with Crippen molar-refractivity contribution in [2.45, 2.75) is 25.0 Å². The molecule has 8 heavy (non-hydrogen) atoms. The summed E-state index contributed by atoms with van der Waals surface area (Å²) in [5.74, 6) is 0. The van der Waals surface area contributed by atoms with Crippen molar-refractivity contribution in [3.8, 4) is 0 Å². The fourth-order valence-electron chi connectivity index (χ4n) is 0.147. The van der Waals surface area contributed by atoms with Crippen molar-refractivity contribution in [1.29, 1.82) is 0 Å². The zero-order valence-corrected chi connectivity index (χ0v) is 5.99. The molecular weight excluding hydrogens is 122 g/mol. The lowest BCUT2D eigenvalue weighted by molar-refractivity contribution is 0.724. The Labute approximate surface area is 54.2 Å². The van der Waals surface area contributed by atoms with Gasteiger partial charge in [-0.15, -0.1) is 4.91 Å². The Kier molecular flexibility index (Phi) is 3.05. The van der Waals surface area contributed by atoms with E-state index in [2.05, 4.69) is 11.5 Å². The maximum atomic E-state index is 9.66. The van der Waals surface area contributed by atoms with Crippen LogP contribution in [0.2, 0.25) is 0 Å². The molecule has 0 aliphatic heterocycles. The van der Waals surface area contributed by atoms with Crippen LogP contribution >= 0.6 is 11.9 Å². The Balaban J connectivity index is 3.53. The summed E-state index contributed by atoms with van der Waals surface area (Å²) in [6.45, 7) is 7.53. The fraction of sp³-hybridized carbons (Fsp3) is 0.800. The summed E-state index contributed by atoms with van der Waals surface area (Å²) in [6.07, 6.45) is 0.726. The predicted molar refractivity (Wildman–Crippen MR) is 37.4 cm³/mol. The van der Waals surface area contributed by atoms with Crippen molar-refractivity contribution in [1.82, 2.24) is 0 Å². The van der Waals surface area contributed by atoms with E-state index < -0.39 is 0 Å². The largest absolute Gasteiger partial charge is 0.137 e. The van der Waals surface area contributed by atoms with Crippen LogP contribution in [-0.2, 0) is 0 Å². The van der Waals surface area contributed by atoms with E-state index in [9.17, 15) is 4.91 Å². The van der Waals surface area contributed by atoms with Gasteiger partial charge in [-0.3, -0.25) is 0 Å². The van der Waals surface area contributed by atoms with Crippen LogP contribution in [0.15, 0.2) is 4.58 Å². The lowest BCUT2D eigenvalue weighted by Crippen LogP contribution is -2.10. The number of hydrogen-bond donors (Lipinski definition) is 0. The quantitative estimate of drug-likeness (QED) is 0.436. The zero-order valence-electron chi connectivity index (χ0n) is 5.18. The van der Waals surface area contributed by atoms with E-state index >= 15 is 0 Å². The molecule has 0 aromatic rings. The summed E-state index contributed by atoms with van der Waals surface area (Å²) in [7, 11) is 0. The van der Waals surface area contributed by atoms with Crippen molar-refractivity contribution < 1.29 is 0 Å². The third kappa shape index (κ3) is 3.02. The molecule has 0 fully saturated rings. The minimum absolute atomic E-state index is 0.0816. The summed E-state index contributed by atoms with van der Waals surface area (Å²) in [4.78, 5) is 9.66. The highest BCUT2D eigenvalue weighted by atomic mass is 32.2.